The zero-order chi connectivity index (χ0) is 19.5. The van der Waals surface area contributed by atoms with Crippen LogP contribution < -0.4 is 5.43 Å². The molecule has 0 bridgehead atoms. The molecule has 0 aliphatic heterocycles. The lowest BCUT2D eigenvalue weighted by Crippen LogP contribution is -2.17. The number of pyridine rings is 1. The van der Waals surface area contributed by atoms with Crippen LogP contribution in [0.2, 0.25) is 0 Å². The van der Waals surface area contributed by atoms with Crippen molar-refractivity contribution in [3.8, 4) is 5.69 Å². The normalized spacial score (nSPS) is 11.2. The highest BCUT2D eigenvalue weighted by atomic mass is 16.2. The molecule has 2 heterocycles. The van der Waals surface area contributed by atoms with Crippen LogP contribution in [0.3, 0.4) is 0 Å². The third-order valence-corrected chi connectivity index (χ3v) is 4.72. The minimum absolute atomic E-state index is 0.229. The molecule has 4 aromatic rings. The fourth-order valence-electron chi connectivity index (χ4n) is 3.33. The van der Waals surface area contributed by atoms with Gasteiger partial charge in [0.2, 0.25) is 0 Å². The zero-order valence-corrected chi connectivity index (χ0v) is 15.8. The SMILES string of the molecule is Cc1cc(/C=N\NC(=O)c2ccccc2)c(C)n1-c1ccc2ncccc2c1. The number of nitrogens with one attached hydrogen (secondary N) is 1. The number of amides is 1. The fourth-order valence-corrected chi connectivity index (χ4v) is 3.33. The summed E-state index contributed by atoms with van der Waals surface area (Å²) < 4.78 is 2.17. The largest absolute Gasteiger partial charge is 0.318 e. The first-order chi connectivity index (χ1) is 13.6. The van der Waals surface area contributed by atoms with Gasteiger partial charge in [-0.1, -0.05) is 24.3 Å². The summed E-state index contributed by atoms with van der Waals surface area (Å²) in [6.07, 6.45) is 3.48. The number of fused-ring (bicyclic) bond motifs is 1. The van der Waals surface area contributed by atoms with E-state index < -0.39 is 0 Å². The van der Waals surface area contributed by atoms with E-state index in [0.717, 1.165) is 33.5 Å². The average Bonchev–Trinajstić information content (AvgIpc) is 3.01. The van der Waals surface area contributed by atoms with Gasteiger partial charge in [0.1, 0.15) is 0 Å². The molecular weight excluding hydrogens is 348 g/mol. The van der Waals surface area contributed by atoms with Crippen molar-refractivity contribution in [1.29, 1.82) is 0 Å². The Morgan fingerprint density at radius 2 is 1.86 bits per heavy atom. The summed E-state index contributed by atoms with van der Waals surface area (Å²) in [6.45, 7) is 4.10. The van der Waals surface area contributed by atoms with E-state index in [0.29, 0.717) is 5.56 Å². The van der Waals surface area contributed by atoms with Crippen molar-refractivity contribution in [2.75, 3.05) is 0 Å². The first kappa shape index (κ1) is 17.7. The summed E-state index contributed by atoms with van der Waals surface area (Å²) in [5.41, 5.74) is 8.31. The maximum atomic E-state index is 12.1. The van der Waals surface area contributed by atoms with E-state index in [9.17, 15) is 4.79 Å². The molecule has 138 valence electrons. The van der Waals surface area contributed by atoms with Gasteiger partial charge < -0.3 is 4.57 Å². The van der Waals surface area contributed by atoms with Crippen molar-refractivity contribution < 1.29 is 4.79 Å². The van der Waals surface area contributed by atoms with Crippen LogP contribution in [-0.4, -0.2) is 21.7 Å². The number of aromatic nitrogens is 2. The molecule has 0 spiro atoms. The van der Waals surface area contributed by atoms with Crippen molar-refractivity contribution in [3.05, 3.63) is 95.4 Å². The van der Waals surface area contributed by atoms with Gasteiger partial charge in [-0.3, -0.25) is 9.78 Å². The van der Waals surface area contributed by atoms with Crippen LogP contribution in [0.25, 0.3) is 16.6 Å². The van der Waals surface area contributed by atoms with Gasteiger partial charge in [0, 0.05) is 39.8 Å². The molecule has 5 heteroatoms. The monoisotopic (exact) mass is 368 g/mol. The van der Waals surface area contributed by atoms with Gasteiger partial charge in [-0.15, -0.1) is 0 Å². The van der Waals surface area contributed by atoms with E-state index in [2.05, 4.69) is 51.3 Å². The lowest BCUT2D eigenvalue weighted by Gasteiger charge is -2.10. The Balaban J connectivity index is 1.59. The van der Waals surface area contributed by atoms with Crippen LogP contribution in [-0.2, 0) is 0 Å². The molecule has 4 rings (SSSR count). The summed E-state index contributed by atoms with van der Waals surface area (Å²) in [5, 5.41) is 5.22. The molecule has 0 unspecified atom stereocenters. The van der Waals surface area contributed by atoms with Crippen LogP contribution >= 0.6 is 0 Å². The number of benzene rings is 2. The number of hydrazone groups is 1. The van der Waals surface area contributed by atoms with Crippen LogP contribution in [0, 0.1) is 13.8 Å². The van der Waals surface area contributed by atoms with Crippen molar-refractivity contribution >= 4 is 23.0 Å². The highest BCUT2D eigenvalue weighted by Crippen LogP contribution is 2.22. The molecule has 5 nitrogen and oxygen atoms in total. The fraction of sp³-hybridized carbons (Fsp3) is 0.0870. The maximum absolute atomic E-state index is 12.1. The number of nitrogens with zero attached hydrogens (tertiary/aromatic N) is 3. The van der Waals surface area contributed by atoms with Gasteiger partial charge in [0.05, 0.1) is 11.7 Å². The Morgan fingerprint density at radius 3 is 2.68 bits per heavy atom. The smallest absolute Gasteiger partial charge is 0.271 e. The number of hydrogen-bond donors (Lipinski definition) is 1. The molecule has 28 heavy (non-hydrogen) atoms. The lowest BCUT2D eigenvalue weighted by molar-refractivity contribution is 0.0955. The Labute approximate surface area is 163 Å². The quantitative estimate of drug-likeness (QED) is 0.428. The highest BCUT2D eigenvalue weighted by molar-refractivity contribution is 5.95. The predicted molar refractivity (Wildman–Crippen MR) is 112 cm³/mol. The molecule has 0 saturated carbocycles. The van der Waals surface area contributed by atoms with Crippen LogP contribution in [0.15, 0.2) is 78.0 Å². The van der Waals surface area contributed by atoms with Gasteiger partial charge in [0.25, 0.3) is 5.91 Å². The maximum Gasteiger partial charge on any atom is 0.271 e. The standard InChI is InChI=1S/C23H20N4O/c1-16-13-20(15-25-26-23(28)18-7-4-3-5-8-18)17(2)27(16)21-10-11-22-19(14-21)9-6-12-24-22/h3-15H,1-2H3,(H,26,28)/b25-15-. The minimum Gasteiger partial charge on any atom is -0.318 e. The topological polar surface area (TPSA) is 59.3 Å². The van der Waals surface area contributed by atoms with E-state index in [1.165, 1.54) is 0 Å². The van der Waals surface area contributed by atoms with Crippen molar-refractivity contribution in [1.82, 2.24) is 15.0 Å². The highest BCUT2D eigenvalue weighted by Gasteiger charge is 2.10. The summed E-state index contributed by atoms with van der Waals surface area (Å²) in [7, 11) is 0. The third kappa shape index (κ3) is 3.42. The molecule has 0 saturated heterocycles. The first-order valence-electron chi connectivity index (χ1n) is 9.06. The number of rotatable bonds is 4. The van der Waals surface area contributed by atoms with Crippen LogP contribution in [0.4, 0.5) is 0 Å². The Hall–Kier alpha value is -3.73. The second-order valence-corrected chi connectivity index (χ2v) is 6.61. The zero-order valence-electron chi connectivity index (χ0n) is 15.8. The molecule has 2 aromatic carbocycles. The Kier molecular flexibility index (Phi) is 4.72. The molecule has 0 atom stereocenters. The molecule has 1 amide bonds. The van der Waals surface area contributed by atoms with E-state index in [1.807, 2.05) is 37.3 Å². The summed E-state index contributed by atoms with van der Waals surface area (Å²) >= 11 is 0. The van der Waals surface area contributed by atoms with E-state index >= 15 is 0 Å². The van der Waals surface area contributed by atoms with E-state index in [-0.39, 0.29) is 5.91 Å². The molecule has 2 aromatic heterocycles. The molecule has 0 aliphatic carbocycles. The number of hydrogen-bond acceptors (Lipinski definition) is 3. The number of carbonyl (C=O) groups is 1. The molecular formula is C23H20N4O. The van der Waals surface area contributed by atoms with Crippen LogP contribution in [0.5, 0.6) is 0 Å². The Morgan fingerprint density at radius 1 is 1.04 bits per heavy atom. The average molecular weight is 368 g/mol. The van der Waals surface area contributed by atoms with Gasteiger partial charge in [-0.2, -0.15) is 5.10 Å². The third-order valence-electron chi connectivity index (χ3n) is 4.72. The van der Waals surface area contributed by atoms with E-state index in [1.54, 1.807) is 24.5 Å². The van der Waals surface area contributed by atoms with Gasteiger partial charge in [0.15, 0.2) is 0 Å². The van der Waals surface area contributed by atoms with Crippen molar-refractivity contribution in [2.24, 2.45) is 5.10 Å². The second-order valence-electron chi connectivity index (χ2n) is 6.61. The molecule has 0 fully saturated rings. The number of aryl methyl sites for hydroxylation is 1. The Bertz CT molecular complexity index is 1180. The number of carbonyl (C=O) groups excluding carboxylic acids is 1. The van der Waals surface area contributed by atoms with Crippen LogP contribution in [0.1, 0.15) is 27.3 Å². The van der Waals surface area contributed by atoms with Gasteiger partial charge in [-0.05, 0) is 56.3 Å². The van der Waals surface area contributed by atoms with Gasteiger partial charge >= 0.3 is 0 Å². The summed E-state index contributed by atoms with van der Waals surface area (Å²) in [4.78, 5) is 16.5. The molecule has 0 radical (unpaired) electrons. The van der Waals surface area contributed by atoms with Gasteiger partial charge in [-0.25, -0.2) is 5.43 Å². The second kappa shape index (κ2) is 7.48. The summed E-state index contributed by atoms with van der Waals surface area (Å²) in [6, 6.07) is 21.3. The molecule has 0 aliphatic rings. The molecule has 1 N–H and O–H groups in total. The summed E-state index contributed by atoms with van der Waals surface area (Å²) in [5.74, 6) is -0.229. The first-order valence-corrected chi connectivity index (χ1v) is 9.06. The van der Waals surface area contributed by atoms with E-state index in [4.69, 9.17) is 0 Å². The van der Waals surface area contributed by atoms with Crippen molar-refractivity contribution in [2.45, 2.75) is 13.8 Å². The van der Waals surface area contributed by atoms with Crippen molar-refractivity contribution in [3.63, 3.8) is 0 Å². The minimum atomic E-state index is -0.229. The predicted octanol–water partition coefficient (Wildman–Crippen LogP) is 4.41. The lowest BCUT2D eigenvalue weighted by atomic mass is 10.2.